The summed E-state index contributed by atoms with van der Waals surface area (Å²) in [5, 5.41) is 14.3. The number of thiol groups is 1. The molecule has 2 fully saturated rings. The summed E-state index contributed by atoms with van der Waals surface area (Å²) in [5.74, 6) is -3.51. The minimum atomic E-state index is -5.04. The molecule has 1 N–H and O–H groups in total. The maximum atomic E-state index is 15.8. The highest BCUT2D eigenvalue weighted by molar-refractivity contribution is 8.28. The Balaban J connectivity index is 1.47. The molecular formula is C38H47F4N3O5S. The van der Waals surface area contributed by atoms with Crippen LogP contribution < -0.4 is 5.56 Å². The van der Waals surface area contributed by atoms with Crippen molar-refractivity contribution in [2.45, 2.75) is 90.3 Å². The third kappa shape index (κ3) is 9.28. The Morgan fingerprint density at radius 3 is 2.33 bits per heavy atom. The molecule has 2 aliphatic rings. The summed E-state index contributed by atoms with van der Waals surface area (Å²) in [6, 6.07) is 8.89. The van der Waals surface area contributed by atoms with E-state index in [4.69, 9.17) is 9.84 Å². The summed E-state index contributed by atoms with van der Waals surface area (Å²) in [6.07, 6.45) is -3.48. The van der Waals surface area contributed by atoms with E-state index in [1.807, 2.05) is 13.8 Å². The number of ether oxygens (including phenoxy) is 1. The maximum Gasteiger partial charge on any atom is 0.419 e. The van der Waals surface area contributed by atoms with E-state index in [0.29, 0.717) is 28.9 Å². The largest absolute Gasteiger partial charge is 0.481 e. The van der Waals surface area contributed by atoms with Crippen molar-refractivity contribution in [2.24, 2.45) is 5.92 Å². The van der Waals surface area contributed by atoms with Gasteiger partial charge in [0.1, 0.15) is 5.82 Å². The second-order valence-electron chi connectivity index (χ2n) is 14.3. The molecule has 0 amide bonds. The average molecular weight is 734 g/mol. The predicted molar refractivity (Wildman–Crippen MR) is 191 cm³/mol. The van der Waals surface area contributed by atoms with Crippen molar-refractivity contribution in [3.8, 4) is 11.1 Å². The Kier molecular flexibility index (Phi) is 12.1. The van der Waals surface area contributed by atoms with Crippen LogP contribution in [0.15, 0.2) is 41.2 Å². The molecule has 1 aliphatic carbocycles. The van der Waals surface area contributed by atoms with E-state index >= 15 is 4.39 Å². The van der Waals surface area contributed by atoms with E-state index in [0.717, 1.165) is 49.8 Å². The highest BCUT2D eigenvalue weighted by Crippen LogP contribution is 2.43. The van der Waals surface area contributed by atoms with E-state index in [2.05, 4.69) is 4.90 Å². The number of aryl methyl sites for hydroxylation is 2. The third-order valence-electron chi connectivity index (χ3n) is 9.76. The molecule has 51 heavy (non-hydrogen) atoms. The zero-order valence-corrected chi connectivity index (χ0v) is 30.6. The average Bonchev–Trinajstić information content (AvgIpc) is 3.87. The van der Waals surface area contributed by atoms with Gasteiger partial charge in [-0.05, 0) is 96.4 Å². The van der Waals surface area contributed by atoms with Crippen LogP contribution in [0.3, 0.4) is 0 Å². The van der Waals surface area contributed by atoms with Crippen LogP contribution in [0.25, 0.3) is 11.1 Å². The summed E-state index contributed by atoms with van der Waals surface area (Å²) < 4.78 is 65.2. The van der Waals surface area contributed by atoms with E-state index in [9.17, 15) is 32.7 Å². The highest BCUT2D eigenvalue weighted by atomic mass is 32.2. The lowest BCUT2D eigenvalue weighted by molar-refractivity contribution is -0.140. The van der Waals surface area contributed by atoms with Gasteiger partial charge in [0.15, 0.2) is 5.12 Å². The molecule has 13 heteroatoms. The van der Waals surface area contributed by atoms with E-state index < -0.39 is 52.5 Å². The third-order valence-corrected chi connectivity index (χ3v) is 12.4. The Morgan fingerprint density at radius 1 is 1.10 bits per heavy atom. The van der Waals surface area contributed by atoms with Gasteiger partial charge in [0.2, 0.25) is 0 Å². The standard InChI is InChI=1S/C38H47F4N3O5S/c1-22(2)21-51(45-33(46)18-29(25-9-10-25)32(43-45)13-14-44-19-28(20-44)50-5)35(49)12-11-26(17-34(47)48)30-15-27(16-31(37(30)39)38(40,41)42)36-23(3)7-6-8-24(36)4/h6-8,15-16,18,22,25-26,28,51H,9-14,17,19-21H2,1-5H3,(H,47,48)/t26-/m0/s1. The molecule has 1 aromatic heterocycles. The Bertz CT molecular complexity index is 1800. The van der Waals surface area contributed by atoms with Gasteiger partial charge < -0.3 is 9.84 Å². The number of benzene rings is 2. The van der Waals surface area contributed by atoms with Crippen LogP contribution in [-0.2, 0) is 26.9 Å². The lowest BCUT2D eigenvalue weighted by atomic mass is 9.85. The fraction of sp³-hybridized carbons (Fsp3) is 0.526. The first-order chi connectivity index (χ1) is 24.1. The molecule has 1 unspecified atom stereocenters. The van der Waals surface area contributed by atoms with Crippen molar-refractivity contribution in [3.05, 3.63) is 86.1 Å². The fourth-order valence-corrected chi connectivity index (χ4v) is 9.09. The first-order valence-electron chi connectivity index (χ1n) is 17.4. The number of nitrogens with zero attached hydrogens (tertiary/aromatic N) is 3. The molecule has 0 radical (unpaired) electrons. The van der Waals surface area contributed by atoms with Crippen LogP contribution >= 0.6 is 11.1 Å². The number of hydrogen-bond donors (Lipinski definition) is 2. The van der Waals surface area contributed by atoms with Crippen molar-refractivity contribution in [1.82, 2.24) is 14.1 Å². The van der Waals surface area contributed by atoms with Gasteiger partial charge in [0.25, 0.3) is 5.56 Å². The van der Waals surface area contributed by atoms with Crippen molar-refractivity contribution >= 4 is 22.2 Å². The summed E-state index contributed by atoms with van der Waals surface area (Å²) in [4.78, 5) is 41.9. The minimum absolute atomic E-state index is 0.00280. The normalized spacial score (nSPS) is 17.0. The number of rotatable bonds is 15. The predicted octanol–water partition coefficient (Wildman–Crippen LogP) is 7.42. The van der Waals surface area contributed by atoms with Gasteiger partial charge in [-0.1, -0.05) is 43.1 Å². The number of halogens is 4. The van der Waals surface area contributed by atoms with Gasteiger partial charge in [-0.3, -0.25) is 19.3 Å². The molecule has 5 rings (SSSR count). The van der Waals surface area contributed by atoms with Crippen molar-refractivity contribution in [1.29, 1.82) is 0 Å². The molecular weight excluding hydrogens is 686 g/mol. The van der Waals surface area contributed by atoms with Crippen LogP contribution in [0.4, 0.5) is 17.6 Å². The van der Waals surface area contributed by atoms with Crippen LogP contribution in [-0.4, -0.2) is 68.9 Å². The lowest BCUT2D eigenvalue weighted by Crippen LogP contribution is -2.52. The van der Waals surface area contributed by atoms with Gasteiger partial charge in [-0.2, -0.15) is 22.4 Å². The zero-order valence-electron chi connectivity index (χ0n) is 29.7. The number of carbonyl (C=O) groups is 2. The molecule has 0 spiro atoms. The van der Waals surface area contributed by atoms with Gasteiger partial charge in [0.05, 0.1) is 23.8 Å². The number of likely N-dealkylation sites (tertiary alicyclic amines) is 1. The summed E-state index contributed by atoms with van der Waals surface area (Å²) in [7, 11) is 1.68. The van der Waals surface area contributed by atoms with Gasteiger partial charge in [0, 0.05) is 51.4 Å². The van der Waals surface area contributed by atoms with Crippen molar-refractivity contribution in [3.63, 3.8) is 0 Å². The maximum absolute atomic E-state index is 15.8. The Labute approximate surface area is 298 Å². The van der Waals surface area contributed by atoms with Gasteiger partial charge in [-0.15, -0.1) is 0 Å². The molecule has 1 aliphatic heterocycles. The van der Waals surface area contributed by atoms with E-state index in [1.165, 1.54) is 10.2 Å². The number of carboxylic acids is 1. The second kappa shape index (κ2) is 16.0. The molecule has 2 heterocycles. The molecule has 2 aromatic carbocycles. The number of carboxylic acid groups (broad SMARTS) is 1. The second-order valence-corrected chi connectivity index (χ2v) is 16.4. The number of hydrogen-bond acceptors (Lipinski definition) is 6. The highest BCUT2D eigenvalue weighted by Gasteiger charge is 2.38. The SMILES string of the molecule is COC1CN(CCc2nn([SH](CC(C)C)C(=O)CC[C@@H](CC(=O)O)c3cc(-c4c(C)cccc4C)cc(C(F)(F)F)c3F)c(=O)cc2C2CC2)C1. The molecule has 8 nitrogen and oxygen atoms in total. The first-order valence-corrected chi connectivity index (χ1v) is 18.9. The molecule has 278 valence electrons. The smallest absolute Gasteiger partial charge is 0.419 e. The number of aromatic nitrogens is 2. The van der Waals surface area contributed by atoms with Crippen LogP contribution in [0, 0.1) is 25.6 Å². The number of alkyl halides is 3. The molecule has 3 aromatic rings. The van der Waals surface area contributed by atoms with Crippen LogP contribution in [0.1, 0.15) is 91.3 Å². The Morgan fingerprint density at radius 2 is 1.76 bits per heavy atom. The molecule has 0 bridgehead atoms. The van der Waals surface area contributed by atoms with Crippen LogP contribution in [0.2, 0.25) is 0 Å². The lowest BCUT2D eigenvalue weighted by Gasteiger charge is -2.38. The van der Waals surface area contributed by atoms with E-state index in [1.54, 1.807) is 45.2 Å². The van der Waals surface area contributed by atoms with E-state index in [-0.39, 0.29) is 47.0 Å². The zero-order chi connectivity index (χ0) is 37.2. The van der Waals surface area contributed by atoms with Gasteiger partial charge >= 0.3 is 12.1 Å². The minimum Gasteiger partial charge on any atom is -0.481 e. The summed E-state index contributed by atoms with van der Waals surface area (Å²) in [5.41, 5.74) is 1.39. The van der Waals surface area contributed by atoms with Gasteiger partial charge in [-0.25, -0.2) is 4.39 Å². The van der Waals surface area contributed by atoms with Crippen molar-refractivity contribution in [2.75, 3.05) is 32.5 Å². The number of methoxy groups -OCH3 is 1. The fourth-order valence-electron chi connectivity index (χ4n) is 6.93. The molecule has 1 saturated carbocycles. The summed E-state index contributed by atoms with van der Waals surface area (Å²) >= 11 is -1.83. The molecule has 1 saturated heterocycles. The Hall–Kier alpha value is -3.55. The molecule has 2 atom stereocenters. The quantitative estimate of drug-likeness (QED) is 0.124. The monoisotopic (exact) mass is 733 g/mol. The van der Waals surface area contributed by atoms with Crippen molar-refractivity contribution < 1.29 is 37.0 Å². The first kappa shape index (κ1) is 38.7. The number of carbonyl (C=O) groups excluding carboxylic acids is 1. The van der Waals surface area contributed by atoms with Crippen LogP contribution in [0.5, 0.6) is 0 Å². The summed E-state index contributed by atoms with van der Waals surface area (Å²) in [6.45, 7) is 9.66. The topological polar surface area (TPSA) is 102 Å². The number of aliphatic carboxylic acids is 1.